The number of unbranched alkanes of at least 4 members (excludes halogenated alkanes) is 7. The topological polar surface area (TPSA) is 29.1 Å². The summed E-state index contributed by atoms with van der Waals surface area (Å²) in [4.78, 5) is 11.1. The maximum Gasteiger partial charge on any atom is 0.237 e. The van der Waals surface area contributed by atoms with Crippen LogP contribution in [0.15, 0.2) is 0 Å². The van der Waals surface area contributed by atoms with E-state index >= 15 is 0 Å². The first-order valence-electron chi connectivity index (χ1n) is 6.60. The van der Waals surface area contributed by atoms with Gasteiger partial charge in [-0.3, -0.25) is 4.79 Å². The highest BCUT2D eigenvalue weighted by molar-refractivity contribution is 6.30. The molecule has 1 unspecified atom stereocenters. The van der Waals surface area contributed by atoms with Gasteiger partial charge < -0.3 is 5.32 Å². The molecule has 2 nitrogen and oxygen atoms in total. The van der Waals surface area contributed by atoms with Crippen LogP contribution in [0.25, 0.3) is 0 Å². The van der Waals surface area contributed by atoms with E-state index in [0.717, 1.165) is 13.0 Å². The Bertz CT molecular complexity index is 171. The van der Waals surface area contributed by atoms with Crippen LogP contribution in [-0.2, 0) is 4.79 Å². The van der Waals surface area contributed by atoms with Crippen molar-refractivity contribution in [2.45, 2.75) is 70.6 Å². The highest BCUT2D eigenvalue weighted by atomic mass is 35.5. The monoisotopic (exact) mass is 247 g/mol. The van der Waals surface area contributed by atoms with E-state index in [1.165, 1.54) is 44.9 Å². The van der Waals surface area contributed by atoms with Gasteiger partial charge in [-0.1, -0.05) is 51.9 Å². The summed E-state index contributed by atoms with van der Waals surface area (Å²) in [5, 5.41) is 2.41. The first kappa shape index (κ1) is 15.8. The van der Waals surface area contributed by atoms with Gasteiger partial charge in [-0.15, -0.1) is 11.6 Å². The molecule has 0 aliphatic carbocycles. The summed E-state index contributed by atoms with van der Waals surface area (Å²) in [6.07, 6.45) is 10.3. The fraction of sp³-hybridized carbons (Fsp3) is 0.923. The predicted molar refractivity (Wildman–Crippen MR) is 70.9 cm³/mol. The Balaban J connectivity index is 3.07. The SMILES string of the molecule is CCCCCCCCCCNC(=O)C(C)Cl. The lowest BCUT2D eigenvalue weighted by Gasteiger charge is -2.06. The zero-order chi connectivity index (χ0) is 12.2. The molecule has 0 bridgehead atoms. The molecule has 1 atom stereocenters. The lowest BCUT2D eigenvalue weighted by molar-refractivity contribution is -0.120. The average Bonchev–Trinajstić information content (AvgIpc) is 2.26. The van der Waals surface area contributed by atoms with Crippen LogP contribution >= 0.6 is 11.6 Å². The Morgan fingerprint density at radius 3 is 2.06 bits per heavy atom. The number of rotatable bonds is 10. The van der Waals surface area contributed by atoms with Crippen LogP contribution in [0.4, 0.5) is 0 Å². The summed E-state index contributed by atoms with van der Waals surface area (Å²) in [7, 11) is 0. The first-order valence-corrected chi connectivity index (χ1v) is 7.04. The molecule has 0 saturated heterocycles. The molecule has 3 heteroatoms. The smallest absolute Gasteiger partial charge is 0.237 e. The number of carbonyl (C=O) groups excluding carboxylic acids is 1. The molecule has 0 saturated carbocycles. The summed E-state index contributed by atoms with van der Waals surface area (Å²) < 4.78 is 0. The Morgan fingerprint density at radius 1 is 1.06 bits per heavy atom. The minimum absolute atomic E-state index is 0.0513. The molecule has 1 amide bonds. The van der Waals surface area contributed by atoms with Crippen LogP contribution < -0.4 is 5.32 Å². The molecule has 0 aromatic heterocycles. The van der Waals surface area contributed by atoms with Crippen molar-refractivity contribution in [3.8, 4) is 0 Å². The van der Waals surface area contributed by atoms with Crippen molar-refractivity contribution >= 4 is 17.5 Å². The second-order valence-electron chi connectivity index (χ2n) is 4.38. The third kappa shape index (κ3) is 10.3. The number of halogens is 1. The quantitative estimate of drug-likeness (QED) is 0.461. The molecule has 0 rings (SSSR count). The molecule has 0 spiro atoms. The van der Waals surface area contributed by atoms with E-state index in [4.69, 9.17) is 11.6 Å². The van der Waals surface area contributed by atoms with Gasteiger partial charge in [0.2, 0.25) is 5.91 Å². The number of hydrogen-bond donors (Lipinski definition) is 1. The second kappa shape index (κ2) is 11.3. The van der Waals surface area contributed by atoms with Gasteiger partial charge in [0.1, 0.15) is 5.38 Å². The van der Waals surface area contributed by atoms with E-state index in [1.807, 2.05) is 0 Å². The van der Waals surface area contributed by atoms with E-state index in [-0.39, 0.29) is 5.91 Å². The van der Waals surface area contributed by atoms with Crippen LogP contribution in [-0.4, -0.2) is 17.8 Å². The molecule has 0 aliphatic heterocycles. The standard InChI is InChI=1S/C13H26ClNO/c1-3-4-5-6-7-8-9-10-11-15-13(16)12(2)14/h12H,3-11H2,1-2H3,(H,15,16). The number of hydrogen-bond acceptors (Lipinski definition) is 1. The van der Waals surface area contributed by atoms with E-state index in [9.17, 15) is 4.79 Å². The summed E-state index contributed by atoms with van der Waals surface area (Å²) in [6, 6.07) is 0. The van der Waals surface area contributed by atoms with Gasteiger partial charge in [0.15, 0.2) is 0 Å². The van der Waals surface area contributed by atoms with Crippen LogP contribution in [0.1, 0.15) is 65.2 Å². The van der Waals surface area contributed by atoms with E-state index in [2.05, 4.69) is 12.2 Å². The third-order valence-corrected chi connectivity index (χ3v) is 2.89. The molecule has 0 aliphatic rings. The van der Waals surface area contributed by atoms with Crippen molar-refractivity contribution < 1.29 is 4.79 Å². The normalized spacial score (nSPS) is 12.4. The van der Waals surface area contributed by atoms with Crippen molar-refractivity contribution in [2.75, 3.05) is 6.54 Å². The van der Waals surface area contributed by atoms with Gasteiger partial charge in [-0.2, -0.15) is 0 Å². The van der Waals surface area contributed by atoms with Crippen molar-refractivity contribution in [1.29, 1.82) is 0 Å². The number of alkyl halides is 1. The van der Waals surface area contributed by atoms with E-state index < -0.39 is 5.38 Å². The summed E-state index contributed by atoms with van der Waals surface area (Å²) in [5.41, 5.74) is 0. The third-order valence-electron chi connectivity index (χ3n) is 2.69. The molecule has 16 heavy (non-hydrogen) atoms. The molecule has 0 aromatic rings. The Kier molecular flexibility index (Phi) is 11.1. The summed E-state index contributed by atoms with van der Waals surface area (Å²) in [5.74, 6) is -0.0513. The lowest BCUT2D eigenvalue weighted by Crippen LogP contribution is -2.30. The molecular weight excluding hydrogens is 222 g/mol. The van der Waals surface area contributed by atoms with Gasteiger partial charge in [0.05, 0.1) is 0 Å². The zero-order valence-corrected chi connectivity index (χ0v) is 11.5. The van der Waals surface area contributed by atoms with Gasteiger partial charge >= 0.3 is 0 Å². The minimum Gasteiger partial charge on any atom is -0.355 e. The maximum absolute atomic E-state index is 11.1. The fourth-order valence-electron chi connectivity index (χ4n) is 1.61. The number of carbonyl (C=O) groups is 1. The second-order valence-corrected chi connectivity index (χ2v) is 5.04. The minimum atomic E-state index is -0.408. The molecule has 96 valence electrons. The number of amides is 1. The Morgan fingerprint density at radius 2 is 1.56 bits per heavy atom. The molecule has 0 fully saturated rings. The first-order chi connectivity index (χ1) is 7.68. The highest BCUT2D eigenvalue weighted by Gasteiger charge is 2.06. The molecule has 0 radical (unpaired) electrons. The fourth-order valence-corrected chi connectivity index (χ4v) is 1.69. The average molecular weight is 248 g/mol. The maximum atomic E-state index is 11.1. The van der Waals surface area contributed by atoms with Gasteiger partial charge in [0, 0.05) is 6.54 Å². The predicted octanol–water partition coefficient (Wildman–Crippen LogP) is 3.87. The number of nitrogens with one attached hydrogen (secondary N) is 1. The van der Waals surface area contributed by atoms with E-state index in [1.54, 1.807) is 6.92 Å². The molecular formula is C13H26ClNO. The molecule has 0 heterocycles. The van der Waals surface area contributed by atoms with Crippen LogP contribution in [0.5, 0.6) is 0 Å². The summed E-state index contributed by atoms with van der Waals surface area (Å²) in [6.45, 7) is 4.70. The summed E-state index contributed by atoms with van der Waals surface area (Å²) >= 11 is 5.63. The lowest BCUT2D eigenvalue weighted by atomic mass is 10.1. The van der Waals surface area contributed by atoms with Crippen molar-refractivity contribution in [3.05, 3.63) is 0 Å². The van der Waals surface area contributed by atoms with Gasteiger partial charge in [0.25, 0.3) is 0 Å². The van der Waals surface area contributed by atoms with Gasteiger partial charge in [-0.05, 0) is 13.3 Å². The van der Waals surface area contributed by atoms with Crippen LogP contribution in [0.2, 0.25) is 0 Å². The van der Waals surface area contributed by atoms with Crippen molar-refractivity contribution in [3.63, 3.8) is 0 Å². The van der Waals surface area contributed by atoms with Gasteiger partial charge in [-0.25, -0.2) is 0 Å². The van der Waals surface area contributed by atoms with Crippen LogP contribution in [0.3, 0.4) is 0 Å². The van der Waals surface area contributed by atoms with Crippen LogP contribution in [0, 0.1) is 0 Å². The zero-order valence-electron chi connectivity index (χ0n) is 10.7. The largest absolute Gasteiger partial charge is 0.355 e. The highest BCUT2D eigenvalue weighted by Crippen LogP contribution is 2.07. The van der Waals surface area contributed by atoms with E-state index in [0.29, 0.717) is 0 Å². The Labute approximate surface area is 105 Å². The van der Waals surface area contributed by atoms with Crippen molar-refractivity contribution in [1.82, 2.24) is 5.32 Å². The molecule has 0 aromatic carbocycles. The Hall–Kier alpha value is -0.240. The van der Waals surface area contributed by atoms with Crippen molar-refractivity contribution in [2.24, 2.45) is 0 Å². The molecule has 1 N–H and O–H groups in total.